The summed E-state index contributed by atoms with van der Waals surface area (Å²) >= 11 is 0. The fraction of sp³-hybridized carbons (Fsp3) is 0.472. The van der Waals surface area contributed by atoms with E-state index in [1.54, 1.807) is 19.9 Å². The van der Waals surface area contributed by atoms with E-state index in [1.807, 2.05) is 6.92 Å². The summed E-state index contributed by atoms with van der Waals surface area (Å²) in [5.74, 6) is -0.174. The molecular weight excluding hydrogens is 629 g/mol. The molecule has 1 aromatic heterocycles. The Labute approximate surface area is 285 Å². The minimum Gasteiger partial charge on any atom is -0.461 e. The number of nitrogens with two attached hydrogens (primary N) is 1. The van der Waals surface area contributed by atoms with Crippen molar-refractivity contribution in [3.63, 3.8) is 0 Å². The third kappa shape index (κ3) is 7.67. The van der Waals surface area contributed by atoms with Crippen LogP contribution in [-0.4, -0.2) is 60.8 Å². The van der Waals surface area contributed by atoms with Gasteiger partial charge < -0.3 is 34.7 Å². The van der Waals surface area contributed by atoms with Crippen LogP contribution in [0.15, 0.2) is 17.8 Å². The lowest BCUT2D eigenvalue weighted by Crippen LogP contribution is -2.33. The second-order valence-corrected chi connectivity index (χ2v) is 12.0. The lowest BCUT2D eigenvalue weighted by molar-refractivity contribution is -0.102. The van der Waals surface area contributed by atoms with E-state index < -0.39 is 5.82 Å². The van der Waals surface area contributed by atoms with Crippen LogP contribution in [0, 0.1) is 34.9 Å². The van der Waals surface area contributed by atoms with Crippen LogP contribution in [0.2, 0.25) is 0 Å². The fourth-order valence-electron chi connectivity index (χ4n) is 6.20. The van der Waals surface area contributed by atoms with Crippen molar-refractivity contribution in [3.05, 3.63) is 51.5 Å². The maximum Gasteiger partial charge on any atom is 0.319 e. The Kier molecular flexibility index (Phi) is 11.8. The van der Waals surface area contributed by atoms with E-state index in [1.165, 1.54) is 6.07 Å². The summed E-state index contributed by atoms with van der Waals surface area (Å²) in [6, 6.07) is 5.51. The average Bonchev–Trinajstić information content (AvgIpc) is 3.60. The number of fused-ring (bicyclic) bond motifs is 3. The van der Waals surface area contributed by atoms with Gasteiger partial charge in [0.15, 0.2) is 5.90 Å². The van der Waals surface area contributed by atoms with Crippen molar-refractivity contribution < 1.29 is 28.1 Å². The van der Waals surface area contributed by atoms with Crippen molar-refractivity contribution in [2.24, 2.45) is 5.73 Å². The van der Waals surface area contributed by atoms with Crippen LogP contribution in [0.3, 0.4) is 0 Å². The number of anilines is 1. The third-order valence-corrected chi connectivity index (χ3v) is 8.71. The molecule has 0 bridgehead atoms. The zero-order chi connectivity index (χ0) is 35.1. The lowest BCUT2D eigenvalue weighted by Gasteiger charge is -2.24. The van der Waals surface area contributed by atoms with Crippen molar-refractivity contribution in [2.75, 3.05) is 38.3 Å². The molecule has 2 aliphatic heterocycles. The van der Waals surface area contributed by atoms with Gasteiger partial charge in [-0.2, -0.15) is 15.2 Å². The van der Waals surface area contributed by atoms with Gasteiger partial charge in [-0.25, -0.2) is 4.39 Å². The summed E-state index contributed by atoms with van der Waals surface area (Å²) < 4.78 is 44.1. The minimum absolute atomic E-state index is 0.0169. The molecular formula is C36H44FN7O5. The van der Waals surface area contributed by atoms with E-state index >= 15 is 4.39 Å². The van der Waals surface area contributed by atoms with Crippen LogP contribution >= 0.6 is 0 Å². The Morgan fingerprint density at radius 2 is 1.92 bits per heavy atom. The highest BCUT2D eigenvalue weighted by Crippen LogP contribution is 2.46. The van der Waals surface area contributed by atoms with Gasteiger partial charge in [0, 0.05) is 23.1 Å². The van der Waals surface area contributed by atoms with Gasteiger partial charge in [0.2, 0.25) is 5.90 Å². The van der Waals surface area contributed by atoms with Crippen molar-refractivity contribution in [1.29, 1.82) is 16.1 Å². The van der Waals surface area contributed by atoms with Crippen molar-refractivity contribution in [1.82, 2.24) is 9.97 Å². The number of allylic oxidation sites excluding steroid dienone is 2. The number of nitriles is 1. The number of ether oxygens (including phenoxy) is 5. The molecule has 260 valence electrons. The Hall–Kier alpha value is -4.64. The number of aryl methyl sites for hydroxylation is 1. The summed E-state index contributed by atoms with van der Waals surface area (Å²) in [6.07, 6.45) is 2.80. The number of aromatic nitrogens is 2. The number of hydrogen-bond acceptors (Lipinski definition) is 12. The summed E-state index contributed by atoms with van der Waals surface area (Å²) in [7, 11) is 0. The van der Waals surface area contributed by atoms with Gasteiger partial charge in [-0.1, -0.05) is 33.3 Å². The summed E-state index contributed by atoms with van der Waals surface area (Å²) in [6.45, 7) is 9.54. The molecule has 0 amide bonds. The number of halogens is 1. The molecule has 2 aliphatic rings. The normalized spacial score (nSPS) is 16.1. The molecule has 12 nitrogen and oxygen atoms in total. The summed E-state index contributed by atoms with van der Waals surface area (Å²) in [5.41, 5.74) is 12.6. The number of unbranched alkanes of at least 4 members (excludes halogenated alkanes) is 1. The number of nitrogens with one attached hydrogen (secondary N) is 3. The molecule has 0 spiro atoms. The zero-order valence-corrected chi connectivity index (χ0v) is 28.6. The first-order valence-corrected chi connectivity index (χ1v) is 16.7. The number of hydrogen-bond donors (Lipinski definition) is 4. The van der Waals surface area contributed by atoms with Gasteiger partial charge in [-0.05, 0) is 65.6 Å². The van der Waals surface area contributed by atoms with Gasteiger partial charge in [0.25, 0.3) is 0 Å². The van der Waals surface area contributed by atoms with Crippen LogP contribution in [0.1, 0.15) is 74.3 Å². The second-order valence-electron chi connectivity index (χ2n) is 12.0. The van der Waals surface area contributed by atoms with E-state index in [0.717, 1.165) is 35.1 Å². The lowest BCUT2D eigenvalue weighted by atomic mass is 9.82. The molecule has 13 heteroatoms. The van der Waals surface area contributed by atoms with Crippen LogP contribution in [-0.2, 0) is 38.6 Å². The zero-order valence-electron chi connectivity index (χ0n) is 28.6. The largest absolute Gasteiger partial charge is 0.461 e. The predicted molar refractivity (Wildman–Crippen MR) is 185 cm³/mol. The highest BCUT2D eigenvalue weighted by Gasteiger charge is 2.30. The maximum absolute atomic E-state index is 15.3. The summed E-state index contributed by atoms with van der Waals surface area (Å²) in [4.78, 5) is 9.66. The third-order valence-electron chi connectivity index (χ3n) is 8.71. The average molecular weight is 674 g/mol. The van der Waals surface area contributed by atoms with Crippen molar-refractivity contribution in [3.8, 4) is 23.2 Å². The van der Waals surface area contributed by atoms with Gasteiger partial charge >= 0.3 is 6.01 Å². The molecule has 3 heterocycles. The number of nitrogens with zero attached hydrogens (tertiary/aromatic N) is 3. The monoisotopic (exact) mass is 673 g/mol. The quantitative estimate of drug-likeness (QED) is 0.0912. The van der Waals surface area contributed by atoms with Crippen LogP contribution in [0.4, 0.5) is 10.2 Å². The van der Waals surface area contributed by atoms with E-state index in [2.05, 4.69) is 18.3 Å². The highest BCUT2D eigenvalue weighted by molar-refractivity contribution is 6.03. The Balaban J connectivity index is 1.74. The molecule has 1 atom stereocenters. The molecule has 5 N–H and O–H groups in total. The molecule has 3 aromatic rings. The van der Waals surface area contributed by atoms with E-state index in [4.69, 9.17) is 50.2 Å². The van der Waals surface area contributed by atoms with Crippen LogP contribution < -0.4 is 15.8 Å². The topological polar surface area (TPSA) is 181 Å². The molecule has 0 radical (unpaired) electrons. The molecule has 2 aromatic carbocycles. The molecule has 5 rings (SSSR count). The maximum atomic E-state index is 15.3. The molecule has 49 heavy (non-hydrogen) atoms. The van der Waals surface area contributed by atoms with Crippen molar-refractivity contribution >= 4 is 34.1 Å². The van der Waals surface area contributed by atoms with Gasteiger partial charge in [-0.15, -0.1) is 0 Å². The first kappa shape index (κ1) is 35.7. The van der Waals surface area contributed by atoms with Gasteiger partial charge in [0.05, 0.1) is 50.7 Å². The molecule has 1 unspecified atom stereocenters. The molecule has 0 saturated carbocycles. The van der Waals surface area contributed by atoms with Crippen molar-refractivity contribution in [2.45, 2.75) is 79.1 Å². The molecule has 1 fully saturated rings. The van der Waals surface area contributed by atoms with Crippen LogP contribution in [0.25, 0.3) is 27.6 Å². The van der Waals surface area contributed by atoms with Gasteiger partial charge in [0.1, 0.15) is 30.4 Å². The highest BCUT2D eigenvalue weighted by atomic mass is 19.1. The standard InChI is InChI=1S/C36H44FN7O5/c1-5-8-9-28(39)24(14-38)31-20(4)27(37)11-10-23(31)32-22(6-2)34-33(26-19-46-18-25(26)32)35(42-15-30(41)49-29(40)7-3)44-36(43-34)48-17-21-16-45-12-13-47-21/h10-11,21,40-41H,5-9,12-13,15-19,39H2,1-4H3,(H,42,43,44)/b28-24+,40-29?,41-30?. The predicted octanol–water partition coefficient (Wildman–Crippen LogP) is 6.31. The van der Waals surface area contributed by atoms with Crippen LogP contribution in [0.5, 0.6) is 6.01 Å². The molecule has 0 aliphatic carbocycles. The van der Waals surface area contributed by atoms with E-state index in [9.17, 15) is 5.26 Å². The van der Waals surface area contributed by atoms with E-state index in [0.29, 0.717) is 78.2 Å². The Morgan fingerprint density at radius 3 is 2.61 bits per heavy atom. The Morgan fingerprint density at radius 1 is 1.12 bits per heavy atom. The number of rotatable bonds is 13. The fourth-order valence-corrected chi connectivity index (χ4v) is 6.20. The summed E-state index contributed by atoms with van der Waals surface area (Å²) in [5, 5.41) is 30.5. The minimum atomic E-state index is -0.430. The number of benzene rings is 2. The second kappa shape index (κ2) is 16.2. The molecule has 1 saturated heterocycles. The van der Waals surface area contributed by atoms with Gasteiger partial charge in [-0.3, -0.25) is 10.8 Å². The smallest absolute Gasteiger partial charge is 0.319 e. The first-order valence-electron chi connectivity index (χ1n) is 16.7. The van der Waals surface area contributed by atoms with E-state index in [-0.39, 0.29) is 55.8 Å². The SMILES string of the molecule is CCCC/C(N)=C(/C#N)c1c(-c2c3c(c4c(NCC(=N)OC(=N)CC)nc(OCC5COCCO5)nc4c2CC)COC3)ccc(F)c1C. The Bertz CT molecular complexity index is 1810. The first-order chi connectivity index (χ1) is 23.7.